The summed E-state index contributed by atoms with van der Waals surface area (Å²) in [5.74, 6) is 1.34. The van der Waals surface area contributed by atoms with Gasteiger partial charge in [0.05, 0.1) is 37.7 Å². The predicted octanol–water partition coefficient (Wildman–Crippen LogP) is 3.77. The Hall–Kier alpha value is -2.81. The lowest BCUT2D eigenvalue weighted by atomic mass is 10.0. The molecule has 156 valence electrons. The molecule has 4 rings (SSSR count). The van der Waals surface area contributed by atoms with Gasteiger partial charge in [0.15, 0.2) is 0 Å². The number of benzene rings is 2. The molecule has 0 bridgehead atoms. The van der Waals surface area contributed by atoms with Crippen LogP contribution in [-0.4, -0.2) is 38.3 Å². The molecule has 9 heteroatoms. The normalized spacial score (nSPS) is 16.9. The van der Waals surface area contributed by atoms with Gasteiger partial charge in [-0.05, 0) is 36.4 Å². The molecule has 2 aromatic carbocycles. The molecule has 1 atom stereocenters. The van der Waals surface area contributed by atoms with Gasteiger partial charge in [0.1, 0.15) is 16.7 Å². The second kappa shape index (κ2) is 7.79. The molecule has 0 fully saturated rings. The third-order valence-electron chi connectivity index (χ3n) is 4.87. The second-order valence-corrected chi connectivity index (χ2v) is 9.07. The number of hydrogen-bond acceptors (Lipinski definition) is 6. The van der Waals surface area contributed by atoms with Gasteiger partial charge in [-0.3, -0.25) is 0 Å². The fraction of sp³-hybridized carbons (Fsp3) is 0.190. The van der Waals surface area contributed by atoms with E-state index in [1.165, 1.54) is 4.41 Å². The Balaban J connectivity index is 1.83. The standard InChI is InChI=1S/C21H20ClN3O4S/c1-28-15-6-4-5-13(9-15)19-12-20(25(24-19)30(3,26)27)17-10-14-7-8-16(29-2)11-18(14)23-21(17)22/h4-12,20,24H,1-3H3/t20-/m1/s1. The van der Waals surface area contributed by atoms with Crippen molar-refractivity contribution in [3.8, 4) is 11.5 Å². The molecule has 30 heavy (non-hydrogen) atoms. The number of ether oxygens (including phenoxy) is 2. The summed E-state index contributed by atoms with van der Waals surface area (Å²) in [5.41, 5.74) is 5.65. The summed E-state index contributed by atoms with van der Waals surface area (Å²) in [7, 11) is -0.445. The molecule has 1 aromatic heterocycles. The lowest BCUT2D eigenvalue weighted by molar-refractivity contribution is 0.351. The molecule has 0 aliphatic carbocycles. The highest BCUT2D eigenvalue weighted by Gasteiger charge is 2.35. The van der Waals surface area contributed by atoms with Gasteiger partial charge >= 0.3 is 0 Å². The molecule has 0 saturated carbocycles. The van der Waals surface area contributed by atoms with Crippen molar-refractivity contribution in [1.29, 1.82) is 0 Å². The van der Waals surface area contributed by atoms with Gasteiger partial charge in [-0.25, -0.2) is 13.4 Å². The zero-order valence-electron chi connectivity index (χ0n) is 16.6. The van der Waals surface area contributed by atoms with Crippen LogP contribution in [0.15, 0.2) is 54.6 Å². The number of aromatic nitrogens is 1. The molecule has 1 aliphatic heterocycles. The number of rotatable bonds is 5. The molecule has 1 aliphatic rings. The molecular formula is C21H20ClN3O4S. The second-order valence-electron chi connectivity index (χ2n) is 6.85. The van der Waals surface area contributed by atoms with Crippen LogP contribution in [0, 0.1) is 0 Å². The molecule has 1 N–H and O–H groups in total. The number of methoxy groups -OCH3 is 2. The van der Waals surface area contributed by atoms with Gasteiger partial charge in [0, 0.05) is 22.6 Å². The Kier molecular flexibility index (Phi) is 5.31. The molecular weight excluding hydrogens is 426 g/mol. The fourth-order valence-electron chi connectivity index (χ4n) is 3.38. The van der Waals surface area contributed by atoms with E-state index in [9.17, 15) is 8.42 Å². The molecule has 0 spiro atoms. The Bertz CT molecular complexity index is 1260. The van der Waals surface area contributed by atoms with E-state index in [2.05, 4.69) is 10.4 Å². The zero-order valence-corrected chi connectivity index (χ0v) is 18.2. The van der Waals surface area contributed by atoms with Crippen molar-refractivity contribution in [2.24, 2.45) is 0 Å². The minimum absolute atomic E-state index is 0.222. The van der Waals surface area contributed by atoms with Gasteiger partial charge in [-0.15, -0.1) is 4.41 Å². The van der Waals surface area contributed by atoms with Crippen molar-refractivity contribution in [3.05, 3.63) is 70.9 Å². The van der Waals surface area contributed by atoms with E-state index in [1.807, 2.05) is 48.5 Å². The molecule has 2 heterocycles. The molecule has 0 amide bonds. The van der Waals surface area contributed by atoms with Crippen LogP contribution in [-0.2, 0) is 10.0 Å². The number of sulfonamides is 1. The van der Waals surface area contributed by atoms with Crippen LogP contribution < -0.4 is 14.9 Å². The van der Waals surface area contributed by atoms with Crippen LogP contribution in [0.5, 0.6) is 11.5 Å². The minimum atomic E-state index is -3.60. The summed E-state index contributed by atoms with van der Waals surface area (Å²) in [6, 6.07) is 14.0. The third kappa shape index (κ3) is 3.81. The van der Waals surface area contributed by atoms with Crippen molar-refractivity contribution in [2.45, 2.75) is 6.04 Å². The number of halogens is 1. The highest BCUT2D eigenvalue weighted by Crippen LogP contribution is 2.37. The summed E-state index contributed by atoms with van der Waals surface area (Å²) in [5, 5.41) is 1.05. The quantitative estimate of drug-likeness (QED) is 0.602. The summed E-state index contributed by atoms with van der Waals surface area (Å²) in [6.45, 7) is 0. The van der Waals surface area contributed by atoms with Gasteiger partial charge in [-0.1, -0.05) is 23.7 Å². The number of pyridine rings is 1. The Morgan fingerprint density at radius 2 is 1.80 bits per heavy atom. The van der Waals surface area contributed by atoms with E-state index < -0.39 is 16.1 Å². The topological polar surface area (TPSA) is 80.8 Å². The smallest absolute Gasteiger partial charge is 0.228 e. The first kappa shape index (κ1) is 20.5. The van der Waals surface area contributed by atoms with E-state index in [0.717, 1.165) is 17.2 Å². The molecule has 7 nitrogen and oxygen atoms in total. The number of hydrogen-bond donors (Lipinski definition) is 1. The van der Waals surface area contributed by atoms with Crippen LogP contribution in [0.25, 0.3) is 16.6 Å². The van der Waals surface area contributed by atoms with E-state index in [-0.39, 0.29) is 5.15 Å². The summed E-state index contributed by atoms with van der Waals surface area (Å²) >= 11 is 6.49. The molecule has 3 aromatic rings. The van der Waals surface area contributed by atoms with Crippen LogP contribution in [0.3, 0.4) is 0 Å². The minimum Gasteiger partial charge on any atom is -0.497 e. The summed E-state index contributed by atoms with van der Waals surface area (Å²) in [4.78, 5) is 4.46. The van der Waals surface area contributed by atoms with E-state index >= 15 is 0 Å². The first-order valence-electron chi connectivity index (χ1n) is 9.06. The predicted molar refractivity (Wildman–Crippen MR) is 117 cm³/mol. The number of nitrogens with one attached hydrogen (secondary N) is 1. The average molecular weight is 446 g/mol. The first-order valence-corrected chi connectivity index (χ1v) is 11.3. The lowest BCUT2D eigenvalue weighted by Gasteiger charge is -2.23. The van der Waals surface area contributed by atoms with Crippen molar-refractivity contribution in [2.75, 3.05) is 20.5 Å². The van der Waals surface area contributed by atoms with Gasteiger partial charge in [-0.2, -0.15) is 0 Å². The highest BCUT2D eigenvalue weighted by atomic mass is 35.5. The summed E-state index contributed by atoms with van der Waals surface area (Å²) < 4.78 is 36.7. The van der Waals surface area contributed by atoms with E-state index in [1.54, 1.807) is 20.3 Å². The summed E-state index contributed by atoms with van der Waals surface area (Å²) in [6.07, 6.45) is 2.96. The maximum atomic E-state index is 12.5. The fourth-order valence-corrected chi connectivity index (χ4v) is 4.49. The Morgan fingerprint density at radius 3 is 2.50 bits per heavy atom. The van der Waals surface area contributed by atoms with Crippen molar-refractivity contribution < 1.29 is 17.9 Å². The van der Waals surface area contributed by atoms with Gasteiger partial charge < -0.3 is 14.9 Å². The number of hydrazine groups is 1. The largest absolute Gasteiger partial charge is 0.497 e. The lowest BCUT2D eigenvalue weighted by Crippen LogP contribution is -2.38. The van der Waals surface area contributed by atoms with E-state index in [4.69, 9.17) is 21.1 Å². The van der Waals surface area contributed by atoms with Gasteiger partial charge in [0.25, 0.3) is 0 Å². The van der Waals surface area contributed by atoms with Crippen molar-refractivity contribution in [1.82, 2.24) is 14.8 Å². The Labute approximate surface area is 179 Å². The average Bonchev–Trinajstić information content (AvgIpc) is 3.18. The molecule has 0 saturated heterocycles. The highest BCUT2D eigenvalue weighted by molar-refractivity contribution is 7.88. The SMILES string of the molecule is COc1cccc(C2=C[C@H](c3cc4ccc(OC)cc4nc3Cl)N(S(C)(=O)=O)N2)c1. The Morgan fingerprint density at radius 1 is 1.07 bits per heavy atom. The molecule has 0 unspecified atom stereocenters. The maximum Gasteiger partial charge on any atom is 0.228 e. The maximum absolute atomic E-state index is 12.5. The first-order chi connectivity index (χ1) is 14.3. The third-order valence-corrected chi connectivity index (χ3v) is 6.21. The van der Waals surface area contributed by atoms with Gasteiger partial charge in [0.2, 0.25) is 10.0 Å². The van der Waals surface area contributed by atoms with Crippen molar-refractivity contribution in [3.63, 3.8) is 0 Å². The zero-order chi connectivity index (χ0) is 21.5. The van der Waals surface area contributed by atoms with Crippen molar-refractivity contribution >= 4 is 38.2 Å². The molecule has 0 radical (unpaired) electrons. The van der Waals surface area contributed by atoms with Crippen LogP contribution in [0.2, 0.25) is 5.15 Å². The number of nitrogens with zero attached hydrogens (tertiary/aromatic N) is 2. The number of fused-ring (bicyclic) bond motifs is 1. The van der Waals surface area contributed by atoms with Crippen LogP contribution >= 0.6 is 11.6 Å². The monoisotopic (exact) mass is 445 g/mol. The van der Waals surface area contributed by atoms with Crippen LogP contribution in [0.4, 0.5) is 0 Å². The van der Waals surface area contributed by atoms with Crippen LogP contribution in [0.1, 0.15) is 17.2 Å². The van der Waals surface area contributed by atoms with E-state index in [0.29, 0.717) is 28.3 Å².